The molecule has 1 aromatic rings. The molecule has 0 spiro atoms. The first-order chi connectivity index (χ1) is 6.63. The highest BCUT2D eigenvalue weighted by molar-refractivity contribution is 6.04. The van der Waals surface area contributed by atoms with Crippen molar-refractivity contribution in [3.63, 3.8) is 0 Å². The van der Waals surface area contributed by atoms with Crippen LogP contribution in [0.3, 0.4) is 0 Å². The number of benzene rings is 1. The number of carbonyl (C=O) groups is 1. The van der Waals surface area contributed by atoms with Gasteiger partial charge in [-0.15, -0.1) is 0 Å². The van der Waals surface area contributed by atoms with Gasteiger partial charge in [0.05, 0.1) is 5.56 Å². The second-order valence-electron chi connectivity index (χ2n) is 3.81. The Balaban J connectivity index is 2.49. The van der Waals surface area contributed by atoms with Crippen LogP contribution in [0.4, 0.5) is 0 Å². The number of hydrogen-bond donors (Lipinski definition) is 0. The van der Waals surface area contributed by atoms with E-state index in [9.17, 15) is 4.79 Å². The van der Waals surface area contributed by atoms with Gasteiger partial charge in [0.2, 0.25) is 5.78 Å². The van der Waals surface area contributed by atoms with Crippen LogP contribution in [0.5, 0.6) is 5.75 Å². The second-order valence-corrected chi connectivity index (χ2v) is 3.81. The molecule has 14 heavy (non-hydrogen) atoms. The molecule has 0 bridgehead atoms. The molecule has 0 saturated carbocycles. The van der Waals surface area contributed by atoms with E-state index in [1.165, 1.54) is 5.56 Å². The average Bonchev–Trinajstić information content (AvgIpc) is 2.45. The Kier molecular flexibility index (Phi) is 2.06. The fourth-order valence-corrected chi connectivity index (χ4v) is 1.73. The summed E-state index contributed by atoms with van der Waals surface area (Å²) in [7, 11) is 0. The smallest absolute Gasteiger partial charge is 0.207 e. The molecule has 0 radical (unpaired) electrons. The summed E-state index contributed by atoms with van der Waals surface area (Å²) >= 11 is 0. The van der Waals surface area contributed by atoms with Crippen molar-refractivity contribution in [1.82, 2.24) is 0 Å². The minimum absolute atomic E-state index is 0.130. The maximum atomic E-state index is 11.8. The Hall–Kier alpha value is -1.31. The molecular formula is C12H14O2. The van der Waals surface area contributed by atoms with Gasteiger partial charge in [-0.3, -0.25) is 4.79 Å². The third kappa shape index (κ3) is 1.22. The highest BCUT2D eigenvalue weighted by Crippen LogP contribution is 2.32. The van der Waals surface area contributed by atoms with E-state index in [2.05, 4.69) is 0 Å². The van der Waals surface area contributed by atoms with Crippen molar-refractivity contribution in [1.29, 1.82) is 0 Å². The first-order valence-electron chi connectivity index (χ1n) is 4.95. The van der Waals surface area contributed by atoms with E-state index in [1.54, 1.807) is 0 Å². The van der Waals surface area contributed by atoms with Crippen LogP contribution in [0.1, 0.15) is 34.8 Å². The fourth-order valence-electron chi connectivity index (χ4n) is 1.73. The van der Waals surface area contributed by atoms with Gasteiger partial charge >= 0.3 is 0 Å². The van der Waals surface area contributed by atoms with Crippen molar-refractivity contribution in [2.45, 2.75) is 33.3 Å². The van der Waals surface area contributed by atoms with E-state index >= 15 is 0 Å². The van der Waals surface area contributed by atoms with Gasteiger partial charge in [-0.05, 0) is 43.5 Å². The highest BCUT2D eigenvalue weighted by Gasteiger charge is 2.31. The van der Waals surface area contributed by atoms with E-state index in [0.29, 0.717) is 0 Å². The number of carbonyl (C=O) groups excluding carboxylic acids is 1. The summed E-state index contributed by atoms with van der Waals surface area (Å²) in [5.74, 6) is 0.885. The van der Waals surface area contributed by atoms with E-state index in [-0.39, 0.29) is 11.9 Å². The predicted octanol–water partition coefficient (Wildman–Crippen LogP) is 2.66. The number of aryl methyl sites for hydroxylation is 2. The minimum Gasteiger partial charge on any atom is -0.482 e. The third-order valence-electron chi connectivity index (χ3n) is 2.79. The van der Waals surface area contributed by atoms with Gasteiger partial charge in [-0.2, -0.15) is 0 Å². The second kappa shape index (κ2) is 3.12. The van der Waals surface area contributed by atoms with Gasteiger partial charge in [-0.25, -0.2) is 0 Å². The highest BCUT2D eigenvalue weighted by atomic mass is 16.5. The van der Waals surface area contributed by atoms with Crippen molar-refractivity contribution in [2.75, 3.05) is 0 Å². The first-order valence-corrected chi connectivity index (χ1v) is 4.95. The number of ketones is 1. The van der Waals surface area contributed by atoms with Crippen LogP contribution in [0.2, 0.25) is 0 Å². The molecule has 0 saturated heterocycles. The Morgan fingerprint density at radius 3 is 2.57 bits per heavy atom. The Labute approximate surface area is 83.9 Å². The maximum absolute atomic E-state index is 11.8. The van der Waals surface area contributed by atoms with Crippen molar-refractivity contribution < 1.29 is 9.53 Å². The van der Waals surface area contributed by atoms with Crippen LogP contribution in [-0.2, 0) is 0 Å². The maximum Gasteiger partial charge on any atom is 0.207 e. The monoisotopic (exact) mass is 190 g/mol. The lowest BCUT2D eigenvalue weighted by Gasteiger charge is -2.05. The Morgan fingerprint density at radius 1 is 1.29 bits per heavy atom. The van der Waals surface area contributed by atoms with Gasteiger partial charge in [0.25, 0.3) is 0 Å². The molecule has 1 heterocycles. The summed E-state index contributed by atoms with van der Waals surface area (Å²) in [6.45, 7) is 6.01. The number of ether oxygens (including phenoxy) is 1. The summed E-state index contributed by atoms with van der Waals surface area (Å²) in [6, 6.07) is 3.89. The van der Waals surface area contributed by atoms with Crippen LogP contribution in [0, 0.1) is 13.8 Å². The molecular weight excluding hydrogens is 176 g/mol. The molecule has 0 amide bonds. The standard InChI is InChI=1S/C12H14O2/c1-4-10-12(13)9-5-7(2)8(3)6-11(9)14-10/h5-6,10H,4H2,1-3H3. The quantitative estimate of drug-likeness (QED) is 0.680. The van der Waals surface area contributed by atoms with Crippen LogP contribution in [0.15, 0.2) is 12.1 Å². The molecule has 2 heteroatoms. The summed E-state index contributed by atoms with van der Waals surface area (Å²) in [6.07, 6.45) is 0.484. The zero-order valence-electron chi connectivity index (χ0n) is 8.76. The summed E-state index contributed by atoms with van der Waals surface area (Å²) in [4.78, 5) is 11.8. The molecule has 0 aliphatic carbocycles. The number of Topliss-reactive ketones (excluding diaryl/α,β-unsaturated/α-hetero) is 1. The Bertz CT molecular complexity index is 394. The third-order valence-corrected chi connectivity index (χ3v) is 2.79. The molecule has 0 fully saturated rings. The van der Waals surface area contributed by atoms with Crippen molar-refractivity contribution in [3.8, 4) is 5.75 Å². The van der Waals surface area contributed by atoms with Crippen LogP contribution in [-0.4, -0.2) is 11.9 Å². The normalized spacial score (nSPS) is 19.4. The van der Waals surface area contributed by atoms with Crippen molar-refractivity contribution in [2.24, 2.45) is 0 Å². The van der Waals surface area contributed by atoms with E-state index in [0.717, 1.165) is 23.3 Å². The van der Waals surface area contributed by atoms with Gasteiger partial charge in [0, 0.05) is 0 Å². The van der Waals surface area contributed by atoms with Gasteiger partial charge in [-0.1, -0.05) is 6.92 Å². The molecule has 1 unspecified atom stereocenters. The van der Waals surface area contributed by atoms with Crippen LogP contribution < -0.4 is 4.74 Å². The minimum atomic E-state index is -0.258. The zero-order valence-corrected chi connectivity index (χ0v) is 8.76. The van der Waals surface area contributed by atoms with Crippen LogP contribution in [0.25, 0.3) is 0 Å². The largest absolute Gasteiger partial charge is 0.482 e. The average molecular weight is 190 g/mol. The Morgan fingerprint density at radius 2 is 1.93 bits per heavy atom. The SMILES string of the molecule is CCC1Oc2cc(C)c(C)cc2C1=O. The molecule has 1 atom stereocenters. The van der Waals surface area contributed by atoms with Gasteiger partial charge < -0.3 is 4.74 Å². The van der Waals surface area contributed by atoms with Crippen molar-refractivity contribution in [3.05, 3.63) is 28.8 Å². The van der Waals surface area contributed by atoms with Gasteiger partial charge in [0.15, 0.2) is 6.10 Å². The zero-order chi connectivity index (χ0) is 10.3. The van der Waals surface area contributed by atoms with Gasteiger partial charge in [0.1, 0.15) is 5.75 Å². The first kappa shape index (κ1) is 9.25. The lowest BCUT2D eigenvalue weighted by Crippen LogP contribution is -2.18. The van der Waals surface area contributed by atoms with E-state index in [4.69, 9.17) is 4.74 Å². The molecule has 74 valence electrons. The molecule has 1 aliphatic rings. The molecule has 2 rings (SSSR count). The molecule has 1 aliphatic heterocycles. The van der Waals surface area contributed by atoms with Crippen molar-refractivity contribution >= 4 is 5.78 Å². The number of fused-ring (bicyclic) bond motifs is 1. The predicted molar refractivity (Wildman–Crippen MR) is 55.0 cm³/mol. The van der Waals surface area contributed by atoms with E-state index in [1.807, 2.05) is 32.9 Å². The van der Waals surface area contributed by atoms with E-state index < -0.39 is 0 Å². The topological polar surface area (TPSA) is 26.3 Å². The summed E-state index contributed by atoms with van der Waals surface area (Å²) in [5.41, 5.74) is 3.07. The summed E-state index contributed by atoms with van der Waals surface area (Å²) < 4.78 is 5.55. The molecule has 2 nitrogen and oxygen atoms in total. The number of rotatable bonds is 1. The molecule has 0 N–H and O–H groups in total. The molecule has 1 aromatic carbocycles. The lowest BCUT2D eigenvalue weighted by molar-refractivity contribution is 0.0853. The summed E-state index contributed by atoms with van der Waals surface area (Å²) in [5, 5.41) is 0. The van der Waals surface area contributed by atoms with Crippen LogP contribution >= 0.6 is 0 Å². The molecule has 0 aromatic heterocycles. The number of hydrogen-bond acceptors (Lipinski definition) is 2. The fraction of sp³-hybridized carbons (Fsp3) is 0.417. The lowest BCUT2D eigenvalue weighted by atomic mass is 10.0.